The summed E-state index contributed by atoms with van der Waals surface area (Å²) >= 11 is 0. The molecule has 0 radical (unpaired) electrons. The van der Waals surface area contributed by atoms with Gasteiger partial charge in [-0.05, 0) is 41.7 Å². The summed E-state index contributed by atoms with van der Waals surface area (Å²) in [6.07, 6.45) is 3.59. The molecule has 0 aliphatic heterocycles. The number of hydrogen-bond donors (Lipinski definition) is 3. The molecular weight excluding hydrogens is 281 g/mol. The molecule has 1 aromatic rings. The zero-order valence-corrected chi connectivity index (χ0v) is 11.7. The molecule has 5 nitrogen and oxygen atoms in total. The van der Waals surface area contributed by atoms with Crippen LogP contribution in [0.3, 0.4) is 0 Å². The van der Waals surface area contributed by atoms with E-state index in [1.165, 1.54) is 6.07 Å². The summed E-state index contributed by atoms with van der Waals surface area (Å²) in [5.74, 6) is -0.290. The quantitative estimate of drug-likeness (QED) is 0.576. The molecule has 0 saturated carbocycles. The lowest BCUT2D eigenvalue weighted by atomic mass is 10.0. The second-order valence-electron chi connectivity index (χ2n) is 4.26. The van der Waals surface area contributed by atoms with Crippen molar-refractivity contribution in [3.63, 3.8) is 0 Å². The normalized spacial score (nSPS) is 13.2. The van der Waals surface area contributed by atoms with Crippen molar-refractivity contribution in [2.75, 3.05) is 6.54 Å². The van der Waals surface area contributed by atoms with Crippen LogP contribution in [0.15, 0.2) is 34.3 Å². The Morgan fingerprint density at radius 2 is 2.00 bits per heavy atom. The fourth-order valence-electron chi connectivity index (χ4n) is 2.06. The molecule has 108 valence electrons. The Labute approximate surface area is 122 Å². The van der Waals surface area contributed by atoms with Gasteiger partial charge >= 0.3 is 0 Å². The van der Waals surface area contributed by atoms with Crippen LogP contribution in [-0.4, -0.2) is 18.5 Å². The van der Waals surface area contributed by atoms with E-state index in [4.69, 9.17) is 17.2 Å². The van der Waals surface area contributed by atoms with Crippen LogP contribution in [0, 0.1) is 5.82 Å². The summed E-state index contributed by atoms with van der Waals surface area (Å²) in [5, 5.41) is 0. The van der Waals surface area contributed by atoms with Crippen LogP contribution in [0.25, 0.3) is 5.57 Å². The Morgan fingerprint density at radius 1 is 1.25 bits per heavy atom. The minimum absolute atomic E-state index is 0. The molecule has 0 spiro atoms. The zero-order chi connectivity index (χ0) is 13.8. The molecular formula is C13H17ClFN5. The summed E-state index contributed by atoms with van der Waals surface area (Å²) in [6.45, 7) is 0.463. The Balaban J connectivity index is 0.00000200. The number of halogens is 2. The Kier molecular flexibility index (Phi) is 5.52. The topological polar surface area (TPSA) is 103 Å². The number of nitrogens with two attached hydrogens (primary N) is 3. The SMILES string of the molecule is Cl.NC(N)=NC(N)=NCCC1=CCc2ccc(F)cc21. The molecule has 7 heteroatoms. The maximum atomic E-state index is 13.2. The predicted molar refractivity (Wildman–Crippen MR) is 82.2 cm³/mol. The molecule has 0 aromatic heterocycles. The van der Waals surface area contributed by atoms with Crippen molar-refractivity contribution < 1.29 is 4.39 Å². The van der Waals surface area contributed by atoms with E-state index >= 15 is 0 Å². The van der Waals surface area contributed by atoms with E-state index < -0.39 is 0 Å². The number of guanidine groups is 2. The van der Waals surface area contributed by atoms with Crippen molar-refractivity contribution in [3.05, 3.63) is 41.2 Å². The molecule has 0 saturated heterocycles. The van der Waals surface area contributed by atoms with E-state index in [0.29, 0.717) is 13.0 Å². The summed E-state index contributed by atoms with van der Waals surface area (Å²) in [4.78, 5) is 7.66. The fraction of sp³-hybridized carbons (Fsp3) is 0.231. The zero-order valence-electron chi connectivity index (χ0n) is 10.8. The third kappa shape index (κ3) is 3.96. The number of aliphatic imine (C=N–C) groups is 2. The molecule has 1 aromatic carbocycles. The average molecular weight is 298 g/mol. The lowest BCUT2D eigenvalue weighted by Crippen LogP contribution is -2.26. The van der Waals surface area contributed by atoms with Gasteiger partial charge in [-0.3, -0.25) is 4.99 Å². The third-order valence-corrected chi connectivity index (χ3v) is 2.88. The van der Waals surface area contributed by atoms with Crippen LogP contribution in [-0.2, 0) is 6.42 Å². The average Bonchev–Trinajstić information content (AvgIpc) is 2.71. The molecule has 6 N–H and O–H groups in total. The molecule has 2 rings (SSSR count). The van der Waals surface area contributed by atoms with E-state index in [9.17, 15) is 4.39 Å². The van der Waals surface area contributed by atoms with Gasteiger partial charge in [0.1, 0.15) is 5.82 Å². The smallest absolute Gasteiger partial charge is 0.218 e. The van der Waals surface area contributed by atoms with E-state index in [1.54, 1.807) is 6.07 Å². The molecule has 0 amide bonds. The monoisotopic (exact) mass is 297 g/mol. The Hall–Kier alpha value is -2.08. The van der Waals surface area contributed by atoms with Crippen LogP contribution in [0.4, 0.5) is 4.39 Å². The first-order valence-corrected chi connectivity index (χ1v) is 5.93. The van der Waals surface area contributed by atoms with Gasteiger partial charge in [-0.25, -0.2) is 4.39 Å². The van der Waals surface area contributed by atoms with Crippen LogP contribution >= 0.6 is 12.4 Å². The molecule has 0 heterocycles. The van der Waals surface area contributed by atoms with Gasteiger partial charge in [0.15, 0.2) is 5.96 Å². The largest absolute Gasteiger partial charge is 0.370 e. The van der Waals surface area contributed by atoms with Crippen molar-refractivity contribution in [1.82, 2.24) is 0 Å². The number of nitrogens with zero attached hydrogens (tertiary/aromatic N) is 2. The lowest BCUT2D eigenvalue weighted by molar-refractivity contribution is 0.627. The van der Waals surface area contributed by atoms with Gasteiger partial charge in [0.25, 0.3) is 0 Å². The molecule has 20 heavy (non-hydrogen) atoms. The second-order valence-corrected chi connectivity index (χ2v) is 4.26. The second kappa shape index (κ2) is 6.91. The van der Waals surface area contributed by atoms with Crippen molar-refractivity contribution in [1.29, 1.82) is 0 Å². The number of rotatable bonds is 3. The molecule has 1 aliphatic carbocycles. The van der Waals surface area contributed by atoms with Crippen molar-refractivity contribution in [2.24, 2.45) is 27.2 Å². The number of hydrogen-bond acceptors (Lipinski definition) is 1. The van der Waals surface area contributed by atoms with Crippen LogP contribution < -0.4 is 17.2 Å². The summed E-state index contributed by atoms with van der Waals surface area (Å²) in [5.41, 5.74) is 19.0. The standard InChI is InChI=1S/C13H16FN5.ClH/c14-10-4-3-8-1-2-9(11(8)7-10)5-6-18-13(17)19-12(15)16;/h2-4,7H,1,5-6H2,(H6,15,16,17,18,19);1H. The minimum atomic E-state index is -0.227. The maximum absolute atomic E-state index is 13.2. The molecule has 0 fully saturated rings. The Morgan fingerprint density at radius 3 is 2.70 bits per heavy atom. The van der Waals surface area contributed by atoms with E-state index in [1.807, 2.05) is 6.07 Å². The minimum Gasteiger partial charge on any atom is -0.370 e. The van der Waals surface area contributed by atoms with Crippen molar-refractivity contribution in [3.8, 4) is 0 Å². The van der Waals surface area contributed by atoms with E-state index in [-0.39, 0.29) is 30.1 Å². The van der Waals surface area contributed by atoms with Crippen LogP contribution in [0.1, 0.15) is 17.5 Å². The van der Waals surface area contributed by atoms with Gasteiger partial charge < -0.3 is 17.2 Å². The first-order chi connectivity index (χ1) is 9.06. The third-order valence-electron chi connectivity index (χ3n) is 2.88. The van der Waals surface area contributed by atoms with Gasteiger partial charge in [-0.2, -0.15) is 4.99 Å². The molecule has 0 atom stereocenters. The summed E-state index contributed by atoms with van der Waals surface area (Å²) < 4.78 is 13.2. The van der Waals surface area contributed by atoms with E-state index in [0.717, 1.165) is 23.1 Å². The van der Waals surface area contributed by atoms with Crippen LogP contribution in [0.2, 0.25) is 0 Å². The first-order valence-electron chi connectivity index (χ1n) is 5.93. The predicted octanol–water partition coefficient (Wildman–Crippen LogP) is 1.17. The fourth-order valence-corrected chi connectivity index (χ4v) is 2.06. The molecule has 0 unspecified atom stereocenters. The highest BCUT2D eigenvalue weighted by atomic mass is 35.5. The lowest BCUT2D eigenvalue weighted by Gasteiger charge is -2.04. The highest BCUT2D eigenvalue weighted by Crippen LogP contribution is 2.30. The summed E-state index contributed by atoms with van der Waals surface area (Å²) in [7, 11) is 0. The number of fused-ring (bicyclic) bond motifs is 1. The van der Waals surface area contributed by atoms with Gasteiger partial charge in [0, 0.05) is 6.54 Å². The number of benzene rings is 1. The van der Waals surface area contributed by atoms with E-state index in [2.05, 4.69) is 16.1 Å². The maximum Gasteiger partial charge on any atom is 0.218 e. The summed E-state index contributed by atoms with van der Waals surface area (Å²) in [6, 6.07) is 4.84. The molecule has 0 bridgehead atoms. The van der Waals surface area contributed by atoms with Gasteiger partial charge in [0.2, 0.25) is 5.96 Å². The van der Waals surface area contributed by atoms with Crippen molar-refractivity contribution >= 4 is 29.9 Å². The van der Waals surface area contributed by atoms with Gasteiger partial charge in [-0.1, -0.05) is 12.1 Å². The number of allylic oxidation sites excluding steroid dienone is 1. The van der Waals surface area contributed by atoms with Crippen LogP contribution in [0.5, 0.6) is 0 Å². The highest BCUT2D eigenvalue weighted by Gasteiger charge is 2.14. The van der Waals surface area contributed by atoms with Gasteiger partial charge in [0.05, 0.1) is 0 Å². The highest BCUT2D eigenvalue weighted by molar-refractivity contribution is 5.92. The Bertz CT molecular complexity index is 576. The molecule has 1 aliphatic rings. The van der Waals surface area contributed by atoms with Gasteiger partial charge in [-0.15, -0.1) is 12.4 Å². The first kappa shape index (κ1) is 16.0. The van der Waals surface area contributed by atoms with Crippen molar-refractivity contribution in [2.45, 2.75) is 12.8 Å².